The molecule has 23 heavy (non-hydrogen) atoms. The van der Waals surface area contributed by atoms with Gasteiger partial charge in [-0.25, -0.2) is 4.79 Å². The zero-order chi connectivity index (χ0) is 16.0. The molecular weight excluding hydrogens is 290 g/mol. The molecule has 5 heteroatoms. The van der Waals surface area contributed by atoms with Gasteiger partial charge in [0, 0.05) is 23.0 Å². The predicted octanol–water partition coefficient (Wildman–Crippen LogP) is 3.66. The van der Waals surface area contributed by atoms with E-state index in [0.717, 1.165) is 40.8 Å². The summed E-state index contributed by atoms with van der Waals surface area (Å²) in [6.45, 7) is 2.07. The molecule has 0 spiro atoms. The number of allylic oxidation sites excluding steroid dienone is 3. The van der Waals surface area contributed by atoms with Crippen molar-refractivity contribution in [3.63, 3.8) is 0 Å². The lowest BCUT2D eigenvalue weighted by Gasteiger charge is -2.12. The molecule has 1 aliphatic carbocycles. The fraction of sp³-hybridized carbons (Fsp3) is 0.167. The van der Waals surface area contributed by atoms with Gasteiger partial charge in [0.05, 0.1) is 0 Å². The summed E-state index contributed by atoms with van der Waals surface area (Å²) in [4.78, 5) is 16.0. The monoisotopic (exact) mass is 305 g/mol. The first-order chi connectivity index (χ1) is 11.2. The second-order valence-corrected chi connectivity index (χ2v) is 5.58. The Balaban J connectivity index is 1.98. The number of carbonyl (C=O) groups is 1. The summed E-state index contributed by atoms with van der Waals surface area (Å²) in [6, 6.07) is 7.89. The van der Waals surface area contributed by atoms with Crippen molar-refractivity contribution in [1.29, 1.82) is 0 Å². The number of nitrogens with one attached hydrogen (secondary N) is 1. The van der Waals surface area contributed by atoms with Crippen molar-refractivity contribution in [2.75, 3.05) is 0 Å². The molecule has 1 aromatic carbocycles. The SMILES string of the molecule is CCC1=CCC(=C2c3ccccc3-c3n[nH]c(C(=O)O)c32)C=N1. The van der Waals surface area contributed by atoms with Gasteiger partial charge in [-0.1, -0.05) is 37.3 Å². The highest BCUT2D eigenvalue weighted by Gasteiger charge is 2.33. The van der Waals surface area contributed by atoms with Crippen LogP contribution in [0.5, 0.6) is 0 Å². The van der Waals surface area contributed by atoms with Crippen molar-refractivity contribution in [1.82, 2.24) is 10.2 Å². The molecule has 2 N–H and O–H groups in total. The van der Waals surface area contributed by atoms with Crippen LogP contribution < -0.4 is 0 Å². The van der Waals surface area contributed by atoms with Crippen LogP contribution in [0.25, 0.3) is 16.8 Å². The molecule has 0 unspecified atom stereocenters. The number of aromatic amines is 1. The van der Waals surface area contributed by atoms with E-state index in [1.54, 1.807) is 0 Å². The molecule has 0 fully saturated rings. The summed E-state index contributed by atoms with van der Waals surface area (Å²) in [6.07, 6.45) is 5.61. The first-order valence-corrected chi connectivity index (χ1v) is 7.58. The summed E-state index contributed by atoms with van der Waals surface area (Å²) in [5.74, 6) is -0.998. The maximum Gasteiger partial charge on any atom is 0.354 e. The van der Waals surface area contributed by atoms with E-state index in [4.69, 9.17) is 0 Å². The molecule has 0 saturated carbocycles. The van der Waals surface area contributed by atoms with Gasteiger partial charge in [0.15, 0.2) is 5.69 Å². The Kier molecular flexibility index (Phi) is 3.01. The van der Waals surface area contributed by atoms with Gasteiger partial charge in [-0.15, -0.1) is 0 Å². The molecule has 5 nitrogen and oxygen atoms in total. The second-order valence-electron chi connectivity index (χ2n) is 5.58. The Hall–Kier alpha value is -2.95. The highest BCUT2D eigenvalue weighted by Crippen LogP contribution is 2.46. The van der Waals surface area contributed by atoms with E-state index < -0.39 is 5.97 Å². The summed E-state index contributed by atoms with van der Waals surface area (Å²) in [5.41, 5.74) is 6.52. The summed E-state index contributed by atoms with van der Waals surface area (Å²) in [7, 11) is 0. The normalized spacial score (nSPS) is 18.6. The lowest BCUT2D eigenvalue weighted by atomic mass is 9.94. The van der Waals surface area contributed by atoms with Crippen molar-refractivity contribution >= 4 is 17.8 Å². The highest BCUT2D eigenvalue weighted by atomic mass is 16.4. The van der Waals surface area contributed by atoms with E-state index >= 15 is 0 Å². The minimum Gasteiger partial charge on any atom is -0.477 e. The van der Waals surface area contributed by atoms with E-state index in [9.17, 15) is 9.90 Å². The van der Waals surface area contributed by atoms with Gasteiger partial charge in [-0.2, -0.15) is 5.10 Å². The number of rotatable bonds is 2. The quantitative estimate of drug-likeness (QED) is 0.758. The Morgan fingerprint density at radius 1 is 1.30 bits per heavy atom. The Labute approximate surface area is 133 Å². The molecule has 0 bridgehead atoms. The highest BCUT2D eigenvalue weighted by molar-refractivity contribution is 6.11. The number of aromatic nitrogens is 2. The smallest absolute Gasteiger partial charge is 0.354 e. The molecule has 1 aromatic heterocycles. The molecule has 0 atom stereocenters. The molecule has 2 aliphatic rings. The average Bonchev–Trinajstić information content (AvgIpc) is 3.13. The summed E-state index contributed by atoms with van der Waals surface area (Å²) >= 11 is 0. The van der Waals surface area contributed by atoms with Gasteiger partial charge in [0.2, 0.25) is 0 Å². The summed E-state index contributed by atoms with van der Waals surface area (Å²) < 4.78 is 0. The standard InChI is InChI=1S/C18H15N3O2/c1-2-11-8-7-10(9-19-11)14-12-5-3-4-6-13(12)16-15(14)17(18(22)23)21-20-16/h3-6,8-9H,2,7H2,1H3,(H,20,21)(H,22,23). The molecule has 1 aliphatic heterocycles. The molecule has 114 valence electrons. The van der Waals surface area contributed by atoms with Crippen LogP contribution in [0, 0.1) is 0 Å². The Morgan fingerprint density at radius 2 is 2.09 bits per heavy atom. The number of hydrogen-bond donors (Lipinski definition) is 2. The number of H-pyrrole nitrogens is 1. The van der Waals surface area contributed by atoms with Crippen molar-refractivity contribution < 1.29 is 9.90 Å². The van der Waals surface area contributed by atoms with E-state index in [1.807, 2.05) is 30.5 Å². The van der Waals surface area contributed by atoms with E-state index in [-0.39, 0.29) is 5.69 Å². The van der Waals surface area contributed by atoms with Crippen molar-refractivity contribution in [2.45, 2.75) is 19.8 Å². The lowest BCUT2D eigenvalue weighted by Crippen LogP contribution is -2.03. The number of hydrogen-bond acceptors (Lipinski definition) is 3. The number of fused-ring (bicyclic) bond motifs is 3. The van der Waals surface area contributed by atoms with Crippen LogP contribution in [0.1, 0.15) is 41.4 Å². The molecule has 2 heterocycles. The van der Waals surface area contributed by atoms with Crippen molar-refractivity contribution in [2.24, 2.45) is 4.99 Å². The number of nitrogens with zero attached hydrogens (tertiary/aromatic N) is 2. The van der Waals surface area contributed by atoms with Gasteiger partial charge in [0.1, 0.15) is 5.69 Å². The summed E-state index contributed by atoms with van der Waals surface area (Å²) in [5, 5.41) is 16.4. The van der Waals surface area contributed by atoms with E-state index in [2.05, 4.69) is 28.2 Å². The number of benzene rings is 1. The van der Waals surface area contributed by atoms with Gasteiger partial charge in [-0.05, 0) is 29.6 Å². The predicted molar refractivity (Wildman–Crippen MR) is 88.5 cm³/mol. The fourth-order valence-corrected chi connectivity index (χ4v) is 3.21. The first-order valence-electron chi connectivity index (χ1n) is 7.58. The van der Waals surface area contributed by atoms with Gasteiger partial charge < -0.3 is 5.11 Å². The molecule has 0 saturated heterocycles. The van der Waals surface area contributed by atoms with E-state index in [1.165, 1.54) is 0 Å². The lowest BCUT2D eigenvalue weighted by molar-refractivity contribution is 0.0690. The largest absolute Gasteiger partial charge is 0.477 e. The molecular formula is C18H15N3O2. The molecule has 2 aromatic rings. The fourth-order valence-electron chi connectivity index (χ4n) is 3.21. The third kappa shape index (κ3) is 1.97. The van der Waals surface area contributed by atoms with Crippen LogP contribution in [-0.4, -0.2) is 27.5 Å². The van der Waals surface area contributed by atoms with Crippen LogP contribution in [-0.2, 0) is 0 Å². The topological polar surface area (TPSA) is 78.3 Å². The van der Waals surface area contributed by atoms with Gasteiger partial charge in [-0.3, -0.25) is 10.1 Å². The number of aromatic carboxylic acids is 1. The van der Waals surface area contributed by atoms with Gasteiger partial charge in [0.25, 0.3) is 0 Å². The van der Waals surface area contributed by atoms with Crippen LogP contribution in [0.15, 0.2) is 46.6 Å². The van der Waals surface area contributed by atoms with Crippen LogP contribution in [0.3, 0.4) is 0 Å². The number of carboxylic acid groups (broad SMARTS) is 1. The van der Waals surface area contributed by atoms with Crippen LogP contribution in [0.4, 0.5) is 0 Å². The molecule has 0 amide bonds. The first kappa shape index (κ1) is 13.7. The zero-order valence-electron chi connectivity index (χ0n) is 12.6. The third-order valence-electron chi connectivity index (χ3n) is 4.31. The number of aliphatic imine (C=N–C) groups is 1. The third-order valence-corrected chi connectivity index (χ3v) is 4.31. The van der Waals surface area contributed by atoms with Crippen LogP contribution >= 0.6 is 0 Å². The zero-order valence-corrected chi connectivity index (χ0v) is 12.6. The maximum absolute atomic E-state index is 11.6. The maximum atomic E-state index is 11.6. The molecule has 4 rings (SSSR count). The Morgan fingerprint density at radius 3 is 2.74 bits per heavy atom. The number of carboxylic acids is 1. The van der Waals surface area contributed by atoms with E-state index in [0.29, 0.717) is 11.3 Å². The second kappa shape index (κ2) is 5.05. The molecule has 0 radical (unpaired) electrons. The minimum absolute atomic E-state index is 0.136. The average molecular weight is 305 g/mol. The Bertz CT molecular complexity index is 916. The van der Waals surface area contributed by atoms with Crippen LogP contribution in [0.2, 0.25) is 0 Å². The minimum atomic E-state index is -0.998. The van der Waals surface area contributed by atoms with Crippen molar-refractivity contribution in [3.8, 4) is 11.3 Å². The van der Waals surface area contributed by atoms with Gasteiger partial charge >= 0.3 is 5.97 Å². The van der Waals surface area contributed by atoms with Crippen molar-refractivity contribution in [3.05, 3.63) is 58.4 Å².